The highest BCUT2D eigenvalue weighted by Crippen LogP contribution is 2.30. The fourth-order valence-corrected chi connectivity index (χ4v) is 2.33. The maximum Gasteiger partial charge on any atom is 0.451 e. The molecule has 130 valence electrons. The second-order valence-electron chi connectivity index (χ2n) is 5.14. The predicted molar refractivity (Wildman–Crippen MR) is 90.0 cm³/mol. The third kappa shape index (κ3) is 4.30. The lowest BCUT2D eigenvalue weighted by Crippen LogP contribution is -2.16. The summed E-state index contributed by atoms with van der Waals surface area (Å²) < 4.78 is 44.4. The Bertz CT molecular complexity index is 869. The summed E-state index contributed by atoms with van der Waals surface area (Å²) in [4.78, 5) is 7.18. The SMILES string of the molecule is FC(F)(F)c1nc(NCCOc2ccc(Cl)cc2)c2ccccc2n1. The smallest absolute Gasteiger partial charge is 0.451 e. The van der Waals surface area contributed by atoms with Crippen LogP contribution in [0.3, 0.4) is 0 Å². The quantitative estimate of drug-likeness (QED) is 0.658. The topological polar surface area (TPSA) is 47.0 Å². The van der Waals surface area contributed by atoms with Crippen LogP contribution < -0.4 is 10.1 Å². The zero-order valence-electron chi connectivity index (χ0n) is 12.8. The Morgan fingerprint density at radius 3 is 2.44 bits per heavy atom. The number of anilines is 1. The number of ether oxygens (including phenoxy) is 1. The van der Waals surface area contributed by atoms with Crippen LogP contribution in [0.5, 0.6) is 5.75 Å². The van der Waals surface area contributed by atoms with Crippen molar-refractivity contribution in [3.05, 3.63) is 59.4 Å². The molecular weight excluding hydrogens is 355 g/mol. The van der Waals surface area contributed by atoms with Crippen molar-refractivity contribution in [2.75, 3.05) is 18.5 Å². The molecule has 0 aliphatic carbocycles. The van der Waals surface area contributed by atoms with E-state index in [4.69, 9.17) is 16.3 Å². The number of hydrogen-bond acceptors (Lipinski definition) is 4. The number of benzene rings is 2. The summed E-state index contributed by atoms with van der Waals surface area (Å²) in [5, 5.41) is 3.99. The lowest BCUT2D eigenvalue weighted by molar-refractivity contribution is -0.144. The third-order valence-electron chi connectivity index (χ3n) is 3.33. The first kappa shape index (κ1) is 17.3. The van der Waals surface area contributed by atoms with Crippen LogP contribution in [0, 0.1) is 0 Å². The molecular formula is C17H13ClF3N3O. The van der Waals surface area contributed by atoms with Gasteiger partial charge in [0, 0.05) is 10.4 Å². The second kappa shape index (κ2) is 7.14. The van der Waals surface area contributed by atoms with Gasteiger partial charge in [0.15, 0.2) is 0 Å². The molecule has 0 aliphatic rings. The van der Waals surface area contributed by atoms with Crippen molar-refractivity contribution in [1.82, 2.24) is 9.97 Å². The van der Waals surface area contributed by atoms with Gasteiger partial charge in [0.1, 0.15) is 18.2 Å². The maximum absolute atomic E-state index is 12.9. The monoisotopic (exact) mass is 367 g/mol. The van der Waals surface area contributed by atoms with Gasteiger partial charge in [-0.1, -0.05) is 23.7 Å². The molecule has 1 heterocycles. The van der Waals surface area contributed by atoms with E-state index in [0.29, 0.717) is 16.2 Å². The number of halogens is 4. The zero-order chi connectivity index (χ0) is 17.9. The molecule has 0 saturated heterocycles. The molecule has 0 aliphatic heterocycles. The molecule has 3 rings (SSSR count). The summed E-state index contributed by atoms with van der Waals surface area (Å²) in [5.41, 5.74) is 0.228. The Labute approximate surface area is 146 Å². The molecule has 1 N–H and O–H groups in total. The van der Waals surface area contributed by atoms with Crippen LogP contribution in [0.25, 0.3) is 10.9 Å². The van der Waals surface area contributed by atoms with Crippen LogP contribution in [-0.2, 0) is 6.18 Å². The number of hydrogen-bond donors (Lipinski definition) is 1. The van der Waals surface area contributed by atoms with E-state index >= 15 is 0 Å². The van der Waals surface area contributed by atoms with E-state index in [1.54, 1.807) is 42.5 Å². The molecule has 2 aromatic carbocycles. The molecule has 0 amide bonds. The molecule has 3 aromatic rings. The third-order valence-corrected chi connectivity index (χ3v) is 3.59. The molecule has 0 atom stereocenters. The summed E-state index contributed by atoms with van der Waals surface area (Å²) in [6.45, 7) is 0.530. The van der Waals surface area contributed by atoms with E-state index in [9.17, 15) is 13.2 Å². The standard InChI is InChI=1S/C17H13ClF3N3O/c18-11-5-7-12(8-6-11)25-10-9-22-15-13-3-1-2-4-14(13)23-16(24-15)17(19,20)21/h1-8H,9-10H2,(H,22,23,24). The Kier molecular flexibility index (Phi) is 4.94. The van der Waals surface area contributed by atoms with Gasteiger partial charge in [-0.3, -0.25) is 0 Å². The van der Waals surface area contributed by atoms with Crippen molar-refractivity contribution in [2.45, 2.75) is 6.18 Å². The van der Waals surface area contributed by atoms with Gasteiger partial charge in [0.25, 0.3) is 0 Å². The summed E-state index contributed by atoms with van der Waals surface area (Å²) in [7, 11) is 0. The Morgan fingerprint density at radius 1 is 1.00 bits per heavy atom. The molecule has 8 heteroatoms. The molecule has 0 saturated carbocycles. The fraction of sp³-hybridized carbons (Fsp3) is 0.176. The number of alkyl halides is 3. The maximum atomic E-state index is 12.9. The first-order valence-corrected chi connectivity index (χ1v) is 7.77. The first-order chi connectivity index (χ1) is 11.9. The number of nitrogens with zero attached hydrogens (tertiary/aromatic N) is 2. The van der Waals surface area contributed by atoms with E-state index in [2.05, 4.69) is 15.3 Å². The van der Waals surface area contributed by atoms with Crippen LogP contribution in [-0.4, -0.2) is 23.1 Å². The molecule has 0 spiro atoms. The predicted octanol–water partition coefficient (Wildman–Crippen LogP) is 4.79. The molecule has 0 bridgehead atoms. The Morgan fingerprint density at radius 2 is 1.72 bits per heavy atom. The normalized spacial score (nSPS) is 11.5. The second-order valence-corrected chi connectivity index (χ2v) is 5.58. The summed E-state index contributed by atoms with van der Waals surface area (Å²) >= 11 is 5.79. The van der Waals surface area contributed by atoms with E-state index in [-0.39, 0.29) is 24.5 Å². The van der Waals surface area contributed by atoms with E-state index in [1.807, 2.05) is 0 Å². The van der Waals surface area contributed by atoms with Crippen LogP contribution in [0.4, 0.5) is 19.0 Å². The largest absolute Gasteiger partial charge is 0.492 e. The van der Waals surface area contributed by atoms with Crippen LogP contribution >= 0.6 is 11.6 Å². The van der Waals surface area contributed by atoms with Gasteiger partial charge >= 0.3 is 6.18 Å². The molecule has 4 nitrogen and oxygen atoms in total. The molecule has 1 aromatic heterocycles. The minimum absolute atomic E-state index is 0.123. The number of aromatic nitrogens is 2. The number of rotatable bonds is 5. The highest BCUT2D eigenvalue weighted by atomic mass is 35.5. The van der Waals surface area contributed by atoms with Gasteiger partial charge in [-0.25, -0.2) is 9.97 Å². The number of nitrogens with one attached hydrogen (secondary N) is 1. The van der Waals surface area contributed by atoms with Gasteiger partial charge in [0.2, 0.25) is 5.82 Å². The van der Waals surface area contributed by atoms with Crippen molar-refractivity contribution in [3.8, 4) is 5.75 Å². The van der Waals surface area contributed by atoms with Crippen molar-refractivity contribution in [3.63, 3.8) is 0 Å². The average Bonchev–Trinajstić information content (AvgIpc) is 2.59. The van der Waals surface area contributed by atoms with Crippen molar-refractivity contribution in [1.29, 1.82) is 0 Å². The van der Waals surface area contributed by atoms with Gasteiger partial charge in [-0.05, 0) is 36.4 Å². The minimum atomic E-state index is -4.61. The lowest BCUT2D eigenvalue weighted by Gasteiger charge is -2.12. The fourth-order valence-electron chi connectivity index (χ4n) is 2.21. The van der Waals surface area contributed by atoms with Gasteiger partial charge < -0.3 is 10.1 Å². The average molecular weight is 368 g/mol. The van der Waals surface area contributed by atoms with Gasteiger partial charge in [-0.15, -0.1) is 0 Å². The highest BCUT2D eigenvalue weighted by Gasteiger charge is 2.35. The van der Waals surface area contributed by atoms with E-state index < -0.39 is 12.0 Å². The lowest BCUT2D eigenvalue weighted by atomic mass is 10.2. The Balaban J connectivity index is 1.72. The van der Waals surface area contributed by atoms with Crippen molar-refractivity contribution >= 4 is 28.3 Å². The number of fused-ring (bicyclic) bond motifs is 1. The van der Waals surface area contributed by atoms with Crippen molar-refractivity contribution < 1.29 is 17.9 Å². The first-order valence-electron chi connectivity index (χ1n) is 7.40. The summed E-state index contributed by atoms with van der Waals surface area (Å²) in [6, 6.07) is 13.3. The van der Waals surface area contributed by atoms with E-state index in [1.165, 1.54) is 6.07 Å². The minimum Gasteiger partial charge on any atom is -0.492 e. The molecule has 0 fully saturated rings. The molecule has 0 unspecified atom stereocenters. The number of para-hydroxylation sites is 1. The van der Waals surface area contributed by atoms with Crippen molar-refractivity contribution in [2.24, 2.45) is 0 Å². The summed E-state index contributed by atoms with van der Waals surface area (Å²) in [6.07, 6.45) is -4.61. The highest BCUT2D eigenvalue weighted by molar-refractivity contribution is 6.30. The summed E-state index contributed by atoms with van der Waals surface area (Å²) in [5.74, 6) is -0.431. The molecule has 25 heavy (non-hydrogen) atoms. The Hall–Kier alpha value is -2.54. The van der Waals surface area contributed by atoms with Crippen LogP contribution in [0.1, 0.15) is 5.82 Å². The van der Waals surface area contributed by atoms with E-state index in [0.717, 1.165) is 0 Å². The van der Waals surface area contributed by atoms with Crippen LogP contribution in [0.2, 0.25) is 5.02 Å². The van der Waals surface area contributed by atoms with Crippen LogP contribution in [0.15, 0.2) is 48.5 Å². The van der Waals surface area contributed by atoms with Gasteiger partial charge in [0.05, 0.1) is 12.1 Å². The van der Waals surface area contributed by atoms with Gasteiger partial charge in [-0.2, -0.15) is 13.2 Å². The zero-order valence-corrected chi connectivity index (χ0v) is 13.6. The molecule has 0 radical (unpaired) electrons.